The third kappa shape index (κ3) is 3.57. The van der Waals surface area contributed by atoms with Gasteiger partial charge in [-0.2, -0.15) is 0 Å². The molecule has 0 aliphatic heterocycles. The second kappa shape index (κ2) is 7.01. The highest BCUT2D eigenvalue weighted by Gasteiger charge is 2.21. The van der Waals surface area contributed by atoms with E-state index in [2.05, 4.69) is 10.2 Å². The molecule has 1 heterocycles. The van der Waals surface area contributed by atoms with Crippen molar-refractivity contribution in [1.29, 1.82) is 0 Å². The van der Waals surface area contributed by atoms with E-state index in [1.54, 1.807) is 0 Å². The van der Waals surface area contributed by atoms with Crippen molar-refractivity contribution in [3.05, 3.63) is 65.2 Å². The van der Waals surface area contributed by atoms with Crippen LogP contribution in [0.4, 0.5) is 0 Å². The second-order valence-electron chi connectivity index (χ2n) is 5.68. The molecule has 122 valence electrons. The Labute approximate surface area is 145 Å². The number of carbonyl (C=O) groups is 1. The molecule has 0 fully saturated rings. The second-order valence-corrected chi connectivity index (χ2v) is 6.97. The smallest absolute Gasteiger partial charge is 0.277 e. The summed E-state index contributed by atoms with van der Waals surface area (Å²) in [4.78, 5) is 12.7. The van der Waals surface area contributed by atoms with E-state index in [0.29, 0.717) is 11.1 Å². The Morgan fingerprint density at radius 1 is 1.08 bits per heavy atom. The van der Waals surface area contributed by atoms with E-state index in [-0.39, 0.29) is 11.0 Å². The molecule has 0 saturated carbocycles. The number of aromatic nitrogens is 2. The maximum Gasteiger partial charge on any atom is 0.277 e. The molecule has 1 aromatic heterocycles. The minimum atomic E-state index is -0.297. The quantitative estimate of drug-likeness (QED) is 0.498. The Morgan fingerprint density at radius 3 is 2.58 bits per heavy atom. The number of aryl methyl sites for hydroxylation is 2. The van der Waals surface area contributed by atoms with E-state index >= 15 is 0 Å². The summed E-state index contributed by atoms with van der Waals surface area (Å²) in [6, 6.07) is 15.5. The van der Waals surface area contributed by atoms with Crippen LogP contribution in [0.3, 0.4) is 0 Å². The van der Waals surface area contributed by atoms with Gasteiger partial charge >= 0.3 is 0 Å². The summed E-state index contributed by atoms with van der Waals surface area (Å²) in [5, 5.41) is 8.20. The van der Waals surface area contributed by atoms with Crippen molar-refractivity contribution >= 4 is 17.5 Å². The number of nitrogens with zero attached hydrogens (tertiary/aromatic N) is 2. The number of hydrogen-bond donors (Lipinski definition) is 0. The number of ketones is 1. The zero-order valence-corrected chi connectivity index (χ0v) is 14.6. The first kappa shape index (κ1) is 16.5. The topological polar surface area (TPSA) is 56.0 Å². The van der Waals surface area contributed by atoms with Gasteiger partial charge in [-0.1, -0.05) is 47.7 Å². The molecule has 24 heavy (non-hydrogen) atoms. The molecule has 2 aromatic carbocycles. The van der Waals surface area contributed by atoms with Crippen molar-refractivity contribution < 1.29 is 9.21 Å². The van der Waals surface area contributed by atoms with Crippen LogP contribution in [0.15, 0.2) is 58.2 Å². The van der Waals surface area contributed by atoms with Gasteiger partial charge in [-0.05, 0) is 44.5 Å². The van der Waals surface area contributed by atoms with Crippen LogP contribution >= 0.6 is 11.8 Å². The van der Waals surface area contributed by atoms with Gasteiger partial charge in [0.1, 0.15) is 0 Å². The van der Waals surface area contributed by atoms with Crippen LogP contribution < -0.4 is 0 Å². The monoisotopic (exact) mass is 338 g/mol. The molecule has 0 spiro atoms. The summed E-state index contributed by atoms with van der Waals surface area (Å²) in [6.45, 7) is 5.80. The maximum atomic E-state index is 12.7. The summed E-state index contributed by atoms with van der Waals surface area (Å²) < 4.78 is 5.67. The van der Waals surface area contributed by atoms with Gasteiger partial charge in [-0.3, -0.25) is 4.79 Å². The molecule has 0 aliphatic carbocycles. The van der Waals surface area contributed by atoms with Gasteiger partial charge < -0.3 is 4.42 Å². The third-order valence-corrected chi connectivity index (χ3v) is 4.67. The standard InChI is InChI=1S/C19H18N2O2S/c1-12-9-10-13(2)16(11-12)17(22)14(3)24-19-21-20-18(23-19)15-7-5-4-6-8-15/h4-11,14H,1-3H3/t14-/m1/s1. The molecular formula is C19H18N2O2S. The highest BCUT2D eigenvalue weighted by atomic mass is 32.2. The third-order valence-electron chi connectivity index (χ3n) is 3.73. The molecule has 0 radical (unpaired) electrons. The van der Waals surface area contributed by atoms with Crippen LogP contribution in [-0.4, -0.2) is 21.2 Å². The van der Waals surface area contributed by atoms with Gasteiger partial charge in [-0.25, -0.2) is 0 Å². The zero-order chi connectivity index (χ0) is 17.1. The maximum absolute atomic E-state index is 12.7. The lowest BCUT2D eigenvalue weighted by atomic mass is 10.0. The van der Waals surface area contributed by atoms with E-state index in [0.717, 1.165) is 22.3 Å². The van der Waals surface area contributed by atoms with Crippen molar-refractivity contribution in [2.75, 3.05) is 0 Å². The molecular weight excluding hydrogens is 320 g/mol. The van der Waals surface area contributed by atoms with E-state index in [4.69, 9.17) is 4.42 Å². The van der Waals surface area contributed by atoms with Crippen molar-refractivity contribution in [2.24, 2.45) is 0 Å². The Morgan fingerprint density at radius 2 is 1.83 bits per heavy atom. The lowest BCUT2D eigenvalue weighted by Gasteiger charge is -2.10. The Kier molecular flexibility index (Phi) is 4.81. The summed E-state index contributed by atoms with van der Waals surface area (Å²) in [5.74, 6) is 0.533. The van der Waals surface area contributed by atoms with Crippen LogP contribution in [0.5, 0.6) is 0 Å². The Bertz CT molecular complexity index is 859. The molecule has 0 amide bonds. The summed E-state index contributed by atoms with van der Waals surface area (Å²) in [5.41, 5.74) is 3.67. The van der Waals surface area contributed by atoms with E-state index in [1.165, 1.54) is 11.8 Å². The molecule has 1 atom stereocenters. The van der Waals surface area contributed by atoms with Gasteiger partial charge in [0.25, 0.3) is 5.22 Å². The predicted molar refractivity (Wildman–Crippen MR) is 95.3 cm³/mol. The van der Waals surface area contributed by atoms with Crippen LogP contribution in [0.2, 0.25) is 0 Å². The Balaban J connectivity index is 1.75. The average Bonchev–Trinajstić information content (AvgIpc) is 3.05. The SMILES string of the molecule is Cc1ccc(C)c(C(=O)[C@@H](C)Sc2nnc(-c3ccccc3)o2)c1. The number of benzene rings is 2. The summed E-state index contributed by atoms with van der Waals surface area (Å²) >= 11 is 1.29. The van der Waals surface area contributed by atoms with Crippen LogP contribution in [0.25, 0.3) is 11.5 Å². The normalized spacial score (nSPS) is 12.1. The molecule has 0 unspecified atom stereocenters. The predicted octanol–water partition coefficient (Wildman–Crippen LogP) is 4.72. The zero-order valence-electron chi connectivity index (χ0n) is 13.8. The summed E-state index contributed by atoms with van der Waals surface area (Å²) in [7, 11) is 0. The van der Waals surface area contributed by atoms with Gasteiger partial charge in [0, 0.05) is 11.1 Å². The summed E-state index contributed by atoms with van der Waals surface area (Å²) in [6.07, 6.45) is 0. The van der Waals surface area contributed by atoms with Crippen LogP contribution in [-0.2, 0) is 0 Å². The van der Waals surface area contributed by atoms with Crippen molar-refractivity contribution in [1.82, 2.24) is 10.2 Å². The van der Waals surface area contributed by atoms with Gasteiger partial charge in [0.15, 0.2) is 5.78 Å². The van der Waals surface area contributed by atoms with Crippen molar-refractivity contribution in [3.8, 4) is 11.5 Å². The largest absolute Gasteiger partial charge is 0.411 e. The van der Waals surface area contributed by atoms with Crippen LogP contribution in [0.1, 0.15) is 28.4 Å². The number of Topliss-reactive ketones (excluding diaryl/α,β-unsaturated/α-hetero) is 1. The minimum absolute atomic E-state index is 0.0701. The van der Waals surface area contributed by atoms with Crippen molar-refractivity contribution in [3.63, 3.8) is 0 Å². The molecule has 4 nitrogen and oxygen atoms in total. The highest BCUT2D eigenvalue weighted by Crippen LogP contribution is 2.28. The number of hydrogen-bond acceptors (Lipinski definition) is 5. The van der Waals surface area contributed by atoms with E-state index in [9.17, 15) is 4.79 Å². The van der Waals surface area contributed by atoms with Gasteiger partial charge in [-0.15, -0.1) is 10.2 Å². The Hall–Kier alpha value is -2.40. The minimum Gasteiger partial charge on any atom is -0.411 e. The number of carbonyl (C=O) groups excluding carboxylic acids is 1. The molecule has 0 saturated heterocycles. The molecule has 0 bridgehead atoms. The lowest BCUT2D eigenvalue weighted by molar-refractivity contribution is 0.0993. The van der Waals surface area contributed by atoms with E-state index in [1.807, 2.05) is 69.3 Å². The van der Waals surface area contributed by atoms with Crippen LogP contribution in [0, 0.1) is 13.8 Å². The average molecular weight is 338 g/mol. The fraction of sp³-hybridized carbons (Fsp3) is 0.211. The van der Waals surface area contributed by atoms with Gasteiger partial charge in [0.05, 0.1) is 5.25 Å². The number of rotatable bonds is 5. The molecule has 0 N–H and O–H groups in total. The first-order chi connectivity index (χ1) is 11.5. The fourth-order valence-corrected chi connectivity index (χ4v) is 3.13. The van der Waals surface area contributed by atoms with Crippen molar-refractivity contribution in [2.45, 2.75) is 31.2 Å². The fourth-order valence-electron chi connectivity index (χ4n) is 2.38. The first-order valence-electron chi connectivity index (χ1n) is 7.71. The number of thioether (sulfide) groups is 1. The van der Waals surface area contributed by atoms with E-state index < -0.39 is 0 Å². The first-order valence-corrected chi connectivity index (χ1v) is 8.59. The molecule has 5 heteroatoms. The van der Waals surface area contributed by atoms with Gasteiger partial charge in [0.2, 0.25) is 5.89 Å². The lowest BCUT2D eigenvalue weighted by Crippen LogP contribution is -2.15. The highest BCUT2D eigenvalue weighted by molar-refractivity contribution is 8.00. The molecule has 0 aliphatic rings. The molecule has 3 aromatic rings. The molecule has 3 rings (SSSR count).